The van der Waals surface area contributed by atoms with Crippen molar-refractivity contribution in [3.05, 3.63) is 95.3 Å². The number of benzene rings is 3. The van der Waals surface area contributed by atoms with Crippen LogP contribution < -0.4 is 9.47 Å². The van der Waals surface area contributed by atoms with E-state index in [0.29, 0.717) is 30.0 Å². The fourth-order valence-electron chi connectivity index (χ4n) is 4.16. The Balaban J connectivity index is 1.78. The zero-order valence-corrected chi connectivity index (χ0v) is 18.7. The molecule has 4 rings (SSSR count). The minimum atomic E-state index is -0.563. The molecule has 0 aliphatic carbocycles. The number of nitrogens with zero attached hydrogens (tertiary/aromatic N) is 1. The number of rotatable bonds is 8. The molecule has 3 aromatic carbocycles. The van der Waals surface area contributed by atoms with Gasteiger partial charge in [0.1, 0.15) is 23.4 Å². The number of methoxy groups -OCH3 is 1. The van der Waals surface area contributed by atoms with Crippen LogP contribution in [0.2, 0.25) is 0 Å². The average molecular weight is 448 g/mol. The highest BCUT2D eigenvalue weighted by Crippen LogP contribution is 2.40. The molecule has 1 fully saturated rings. The molecule has 0 saturated carbocycles. The zero-order chi connectivity index (χ0) is 23.4. The summed E-state index contributed by atoms with van der Waals surface area (Å²) in [5.41, 5.74) is 2.22. The molecule has 0 radical (unpaired) electrons. The molecule has 0 N–H and O–H groups in total. The van der Waals surface area contributed by atoms with Gasteiger partial charge in [-0.3, -0.25) is 9.59 Å². The van der Waals surface area contributed by atoms with E-state index in [1.807, 2.05) is 29.2 Å². The Morgan fingerprint density at radius 2 is 1.52 bits per heavy atom. The molecule has 3 aromatic rings. The van der Waals surface area contributed by atoms with E-state index < -0.39 is 12.1 Å². The maximum atomic E-state index is 13.7. The van der Waals surface area contributed by atoms with E-state index in [9.17, 15) is 14.0 Å². The molecule has 0 aromatic heterocycles. The highest BCUT2D eigenvalue weighted by Gasteiger charge is 2.37. The van der Waals surface area contributed by atoms with Crippen LogP contribution in [0.4, 0.5) is 4.39 Å². The van der Waals surface area contributed by atoms with E-state index in [-0.39, 0.29) is 17.5 Å². The first kappa shape index (κ1) is 22.5. The van der Waals surface area contributed by atoms with Crippen molar-refractivity contribution in [3.8, 4) is 11.5 Å². The van der Waals surface area contributed by atoms with Crippen LogP contribution in [0.5, 0.6) is 11.5 Å². The van der Waals surface area contributed by atoms with Gasteiger partial charge in [-0.25, -0.2) is 4.39 Å². The molecule has 1 saturated heterocycles. The van der Waals surface area contributed by atoms with Crippen LogP contribution in [0.3, 0.4) is 0 Å². The first-order valence-corrected chi connectivity index (χ1v) is 10.9. The van der Waals surface area contributed by atoms with Gasteiger partial charge in [-0.05, 0) is 73.0 Å². The lowest BCUT2D eigenvalue weighted by atomic mass is 9.94. The van der Waals surface area contributed by atoms with Gasteiger partial charge >= 0.3 is 0 Å². The van der Waals surface area contributed by atoms with Crippen LogP contribution in [-0.2, 0) is 4.79 Å². The number of hydrogen-bond acceptors (Lipinski definition) is 4. The SMILES string of the molecule is COc1ccc([C@H](Oc2ccc(C(C)=O)cc2)[C@@H](c2ccc(F)cc2)N2CCCC2=O)cc1. The normalized spacial score (nSPS) is 15.2. The van der Waals surface area contributed by atoms with Crippen molar-refractivity contribution >= 4 is 11.7 Å². The van der Waals surface area contributed by atoms with Gasteiger partial charge in [0.2, 0.25) is 5.91 Å². The quantitative estimate of drug-likeness (QED) is 0.427. The molecule has 1 aliphatic heterocycles. The summed E-state index contributed by atoms with van der Waals surface area (Å²) in [5.74, 6) is 0.948. The number of likely N-dealkylation sites (tertiary alicyclic amines) is 1. The number of carbonyl (C=O) groups excluding carboxylic acids is 2. The van der Waals surface area contributed by atoms with E-state index in [4.69, 9.17) is 9.47 Å². The van der Waals surface area contributed by atoms with E-state index in [1.165, 1.54) is 19.1 Å². The molecule has 0 bridgehead atoms. The summed E-state index contributed by atoms with van der Waals surface area (Å²) in [6.45, 7) is 2.11. The highest BCUT2D eigenvalue weighted by atomic mass is 19.1. The van der Waals surface area contributed by atoms with Crippen LogP contribution >= 0.6 is 0 Å². The molecule has 6 heteroatoms. The lowest BCUT2D eigenvalue weighted by molar-refractivity contribution is -0.131. The number of amides is 1. The molecule has 0 unspecified atom stereocenters. The van der Waals surface area contributed by atoms with Gasteiger partial charge in [0.25, 0.3) is 0 Å². The number of ether oxygens (including phenoxy) is 2. The topological polar surface area (TPSA) is 55.8 Å². The van der Waals surface area contributed by atoms with Crippen LogP contribution in [0.1, 0.15) is 53.4 Å². The molecule has 1 amide bonds. The number of ketones is 1. The molecule has 1 aliphatic rings. The maximum Gasteiger partial charge on any atom is 0.223 e. The largest absolute Gasteiger partial charge is 0.497 e. The van der Waals surface area contributed by atoms with Gasteiger partial charge in [0.05, 0.1) is 13.2 Å². The maximum absolute atomic E-state index is 13.7. The lowest BCUT2D eigenvalue weighted by Crippen LogP contribution is -2.36. The first-order valence-electron chi connectivity index (χ1n) is 10.9. The van der Waals surface area contributed by atoms with E-state index in [1.54, 1.807) is 43.5 Å². The summed E-state index contributed by atoms with van der Waals surface area (Å²) in [5, 5.41) is 0. The minimum absolute atomic E-state index is 0.0277. The Bertz CT molecular complexity index is 1110. The van der Waals surface area contributed by atoms with Crippen molar-refractivity contribution in [2.24, 2.45) is 0 Å². The molecule has 5 nitrogen and oxygen atoms in total. The average Bonchev–Trinajstić information content (AvgIpc) is 3.25. The van der Waals surface area contributed by atoms with Crippen molar-refractivity contribution in [2.75, 3.05) is 13.7 Å². The molecular formula is C27H26FNO4. The van der Waals surface area contributed by atoms with Gasteiger partial charge < -0.3 is 14.4 Å². The summed E-state index contributed by atoms with van der Waals surface area (Å²) in [6, 6.07) is 20.2. The third-order valence-electron chi connectivity index (χ3n) is 5.91. The number of hydrogen-bond donors (Lipinski definition) is 0. The zero-order valence-electron chi connectivity index (χ0n) is 18.7. The van der Waals surface area contributed by atoms with Crippen LogP contribution in [0, 0.1) is 5.82 Å². The third-order valence-corrected chi connectivity index (χ3v) is 5.91. The van der Waals surface area contributed by atoms with Crippen molar-refractivity contribution in [1.29, 1.82) is 0 Å². The molecule has 170 valence electrons. The highest BCUT2D eigenvalue weighted by molar-refractivity contribution is 5.94. The first-order chi connectivity index (χ1) is 16.0. The van der Waals surface area contributed by atoms with Crippen molar-refractivity contribution in [1.82, 2.24) is 4.90 Å². The van der Waals surface area contributed by atoms with Gasteiger partial charge in [-0.15, -0.1) is 0 Å². The van der Waals surface area contributed by atoms with Crippen LogP contribution in [-0.4, -0.2) is 30.2 Å². The summed E-state index contributed by atoms with van der Waals surface area (Å²) in [6.07, 6.45) is 0.672. The molecule has 0 spiro atoms. The van der Waals surface area contributed by atoms with E-state index in [2.05, 4.69) is 0 Å². The van der Waals surface area contributed by atoms with Gasteiger partial charge in [0.15, 0.2) is 5.78 Å². The number of Topliss-reactive ketones (excluding diaryl/α,β-unsaturated/α-hetero) is 1. The summed E-state index contributed by atoms with van der Waals surface area (Å²) in [7, 11) is 1.60. The standard InChI is InChI=1S/C27H26FNO4/c1-18(30)19-7-15-24(16-8-19)33-27(21-9-13-23(32-2)14-10-21)26(29-17-3-4-25(29)31)20-5-11-22(28)12-6-20/h5-16,26-27H,3-4,17H2,1-2H3/t26-,27+/m1/s1. The van der Waals surface area contributed by atoms with Gasteiger partial charge in [-0.1, -0.05) is 24.3 Å². The fraction of sp³-hybridized carbons (Fsp3) is 0.259. The van der Waals surface area contributed by atoms with E-state index in [0.717, 1.165) is 17.5 Å². The predicted octanol–water partition coefficient (Wildman–Crippen LogP) is 5.52. The molecule has 2 atom stereocenters. The van der Waals surface area contributed by atoms with Crippen molar-refractivity contribution in [3.63, 3.8) is 0 Å². The van der Waals surface area contributed by atoms with Crippen molar-refractivity contribution < 1.29 is 23.5 Å². The monoisotopic (exact) mass is 447 g/mol. The number of halogens is 1. The second-order valence-corrected chi connectivity index (χ2v) is 8.08. The lowest BCUT2D eigenvalue weighted by Gasteiger charge is -2.35. The van der Waals surface area contributed by atoms with Crippen LogP contribution in [0.25, 0.3) is 0 Å². The Morgan fingerprint density at radius 3 is 2.06 bits per heavy atom. The predicted molar refractivity (Wildman–Crippen MR) is 123 cm³/mol. The summed E-state index contributed by atoms with van der Waals surface area (Å²) >= 11 is 0. The summed E-state index contributed by atoms with van der Waals surface area (Å²) < 4.78 is 25.5. The minimum Gasteiger partial charge on any atom is -0.497 e. The second-order valence-electron chi connectivity index (χ2n) is 8.08. The molecule has 1 heterocycles. The Kier molecular flexibility index (Phi) is 6.73. The third kappa shape index (κ3) is 5.06. The Morgan fingerprint density at radius 1 is 0.909 bits per heavy atom. The summed E-state index contributed by atoms with van der Waals surface area (Å²) in [4.78, 5) is 26.3. The van der Waals surface area contributed by atoms with E-state index >= 15 is 0 Å². The van der Waals surface area contributed by atoms with Crippen LogP contribution in [0.15, 0.2) is 72.8 Å². The fourth-order valence-corrected chi connectivity index (χ4v) is 4.16. The Labute approximate surface area is 192 Å². The molecular weight excluding hydrogens is 421 g/mol. The smallest absolute Gasteiger partial charge is 0.223 e. The van der Waals surface area contributed by atoms with Gasteiger partial charge in [-0.2, -0.15) is 0 Å². The van der Waals surface area contributed by atoms with Crippen molar-refractivity contribution in [2.45, 2.75) is 31.9 Å². The van der Waals surface area contributed by atoms with Gasteiger partial charge in [0, 0.05) is 18.5 Å². The number of carbonyl (C=O) groups is 2. The Hall–Kier alpha value is -3.67. The second kappa shape index (κ2) is 9.86. The molecule has 33 heavy (non-hydrogen) atoms.